The minimum absolute atomic E-state index is 0.334. The molecule has 1 N–H and O–H groups in total. The van der Waals surface area contributed by atoms with E-state index in [0.29, 0.717) is 24.0 Å². The first-order valence-electron chi connectivity index (χ1n) is 8.22. The Morgan fingerprint density at radius 2 is 2.12 bits per heavy atom. The molecule has 132 valence electrons. The Balaban J connectivity index is 1.44. The maximum Gasteiger partial charge on any atom is 0.141 e. The van der Waals surface area contributed by atoms with Crippen LogP contribution in [-0.2, 0) is 11.3 Å². The van der Waals surface area contributed by atoms with E-state index < -0.39 is 0 Å². The van der Waals surface area contributed by atoms with Gasteiger partial charge >= 0.3 is 0 Å². The summed E-state index contributed by atoms with van der Waals surface area (Å²) in [5, 5.41) is 10.2. The van der Waals surface area contributed by atoms with Crippen molar-refractivity contribution < 1.29 is 13.8 Å². The highest BCUT2D eigenvalue weighted by Crippen LogP contribution is 2.27. The standard InChI is InChI=1S/C17H21N5O3/c1-11-6-16(19-24-11)17-15(12(2)25-20-17)10-22-5-4-13(7-18-22)21-8-14(9-21)23-3/h4-7,14,18H,8-10H2,1-3H3. The van der Waals surface area contributed by atoms with Crippen LogP contribution in [0.2, 0.25) is 0 Å². The summed E-state index contributed by atoms with van der Waals surface area (Å²) in [6.07, 6.45) is 6.43. The number of nitrogens with one attached hydrogen (secondary N) is 1. The summed E-state index contributed by atoms with van der Waals surface area (Å²) in [5.74, 6) is 1.51. The molecule has 0 unspecified atom stereocenters. The quantitative estimate of drug-likeness (QED) is 0.882. The molecule has 8 heteroatoms. The van der Waals surface area contributed by atoms with Crippen molar-refractivity contribution in [3.63, 3.8) is 0 Å². The maximum absolute atomic E-state index is 5.36. The number of nitrogens with zero attached hydrogens (tertiary/aromatic N) is 4. The fourth-order valence-corrected chi connectivity index (χ4v) is 2.93. The van der Waals surface area contributed by atoms with Gasteiger partial charge in [-0.3, -0.25) is 5.01 Å². The smallest absolute Gasteiger partial charge is 0.141 e. The summed E-state index contributed by atoms with van der Waals surface area (Å²) < 4.78 is 15.8. The van der Waals surface area contributed by atoms with Gasteiger partial charge in [-0.1, -0.05) is 10.3 Å². The van der Waals surface area contributed by atoms with Gasteiger partial charge in [-0.15, -0.1) is 0 Å². The second-order valence-corrected chi connectivity index (χ2v) is 6.29. The Morgan fingerprint density at radius 1 is 1.28 bits per heavy atom. The number of likely N-dealkylation sites (tertiary alicyclic amines) is 1. The second-order valence-electron chi connectivity index (χ2n) is 6.29. The van der Waals surface area contributed by atoms with Crippen LogP contribution in [0.3, 0.4) is 0 Å². The van der Waals surface area contributed by atoms with Gasteiger partial charge in [-0.05, 0) is 19.9 Å². The van der Waals surface area contributed by atoms with E-state index in [4.69, 9.17) is 13.8 Å². The van der Waals surface area contributed by atoms with E-state index in [0.717, 1.165) is 35.9 Å². The molecule has 2 aromatic rings. The van der Waals surface area contributed by atoms with Gasteiger partial charge in [-0.2, -0.15) is 0 Å². The van der Waals surface area contributed by atoms with E-state index in [9.17, 15) is 0 Å². The van der Waals surface area contributed by atoms with Gasteiger partial charge < -0.3 is 24.1 Å². The van der Waals surface area contributed by atoms with Crippen molar-refractivity contribution in [2.45, 2.75) is 26.5 Å². The molecule has 0 radical (unpaired) electrons. The SMILES string of the molecule is COC1CN(C2=CNN(Cc3c(-c4cc(C)on4)noc3C)C=C2)C1. The van der Waals surface area contributed by atoms with Crippen LogP contribution >= 0.6 is 0 Å². The average molecular weight is 343 g/mol. The highest BCUT2D eigenvalue weighted by Gasteiger charge is 2.28. The van der Waals surface area contributed by atoms with Crippen molar-refractivity contribution in [1.82, 2.24) is 25.6 Å². The minimum atomic E-state index is 0.334. The fourth-order valence-electron chi connectivity index (χ4n) is 2.93. The van der Waals surface area contributed by atoms with E-state index in [-0.39, 0.29) is 0 Å². The van der Waals surface area contributed by atoms with Crippen LogP contribution in [0, 0.1) is 13.8 Å². The molecular formula is C17H21N5O3. The van der Waals surface area contributed by atoms with Gasteiger partial charge in [-0.25, -0.2) is 0 Å². The first-order valence-corrected chi connectivity index (χ1v) is 8.22. The summed E-state index contributed by atoms with van der Waals surface area (Å²) in [7, 11) is 1.75. The fraction of sp³-hybridized carbons (Fsp3) is 0.412. The summed E-state index contributed by atoms with van der Waals surface area (Å²) in [6, 6.07) is 1.86. The van der Waals surface area contributed by atoms with E-state index in [1.54, 1.807) is 7.11 Å². The molecule has 1 saturated heterocycles. The van der Waals surface area contributed by atoms with Crippen LogP contribution in [0.15, 0.2) is 39.3 Å². The molecule has 0 saturated carbocycles. The molecule has 8 nitrogen and oxygen atoms in total. The molecule has 0 aliphatic carbocycles. The molecule has 4 rings (SSSR count). The third kappa shape index (κ3) is 3.00. The van der Waals surface area contributed by atoms with Gasteiger partial charge in [0, 0.05) is 44.2 Å². The Bertz CT molecular complexity index is 816. The predicted molar refractivity (Wildman–Crippen MR) is 89.7 cm³/mol. The third-order valence-corrected chi connectivity index (χ3v) is 4.53. The Kier molecular flexibility index (Phi) is 3.96. The summed E-state index contributed by atoms with van der Waals surface area (Å²) >= 11 is 0. The number of hydrazine groups is 1. The molecular weight excluding hydrogens is 322 g/mol. The molecule has 2 aliphatic rings. The lowest BCUT2D eigenvalue weighted by Gasteiger charge is -2.41. The number of methoxy groups -OCH3 is 1. The number of allylic oxidation sites excluding steroid dienone is 1. The van der Waals surface area contributed by atoms with Crippen LogP contribution in [0.5, 0.6) is 0 Å². The van der Waals surface area contributed by atoms with Crippen LogP contribution in [0.4, 0.5) is 0 Å². The Morgan fingerprint density at radius 3 is 2.76 bits per heavy atom. The van der Waals surface area contributed by atoms with E-state index >= 15 is 0 Å². The zero-order chi connectivity index (χ0) is 17.4. The molecule has 25 heavy (non-hydrogen) atoms. The number of hydrogen-bond acceptors (Lipinski definition) is 8. The summed E-state index contributed by atoms with van der Waals surface area (Å²) in [6.45, 7) is 6.22. The van der Waals surface area contributed by atoms with Crippen LogP contribution in [-0.4, -0.2) is 46.5 Å². The van der Waals surface area contributed by atoms with Crippen LogP contribution < -0.4 is 5.43 Å². The van der Waals surface area contributed by atoms with E-state index in [1.165, 1.54) is 0 Å². The van der Waals surface area contributed by atoms with Gasteiger partial charge in [0.15, 0.2) is 0 Å². The summed E-state index contributed by atoms with van der Waals surface area (Å²) in [4.78, 5) is 2.27. The van der Waals surface area contributed by atoms with E-state index in [2.05, 4.69) is 26.7 Å². The van der Waals surface area contributed by atoms with Crippen molar-refractivity contribution in [1.29, 1.82) is 0 Å². The van der Waals surface area contributed by atoms with Crippen molar-refractivity contribution >= 4 is 0 Å². The number of aromatic nitrogens is 2. The first-order chi connectivity index (χ1) is 12.1. The topological polar surface area (TPSA) is 79.8 Å². The van der Waals surface area contributed by atoms with Crippen molar-refractivity contribution in [2.75, 3.05) is 20.2 Å². The molecule has 0 atom stereocenters. The highest BCUT2D eigenvalue weighted by molar-refractivity contribution is 5.58. The molecule has 2 aromatic heterocycles. The molecule has 2 aliphatic heterocycles. The zero-order valence-electron chi connectivity index (χ0n) is 14.5. The van der Waals surface area contributed by atoms with Crippen LogP contribution in [0.1, 0.15) is 17.1 Å². The number of ether oxygens (including phenoxy) is 1. The average Bonchev–Trinajstić information content (AvgIpc) is 3.15. The minimum Gasteiger partial charge on any atom is -0.378 e. The van der Waals surface area contributed by atoms with Gasteiger partial charge in [0.1, 0.15) is 22.9 Å². The normalized spacial score (nSPS) is 17.5. The molecule has 0 amide bonds. The number of aryl methyl sites for hydroxylation is 2. The van der Waals surface area contributed by atoms with Crippen LogP contribution in [0.25, 0.3) is 11.4 Å². The van der Waals surface area contributed by atoms with Crippen molar-refractivity contribution in [2.24, 2.45) is 0 Å². The largest absolute Gasteiger partial charge is 0.378 e. The second kappa shape index (κ2) is 6.29. The Labute approximate surface area is 145 Å². The number of hydrogen-bond donors (Lipinski definition) is 1. The molecule has 0 spiro atoms. The lowest BCUT2D eigenvalue weighted by molar-refractivity contribution is -0.0104. The van der Waals surface area contributed by atoms with Crippen molar-refractivity contribution in [3.8, 4) is 11.4 Å². The molecule has 0 bridgehead atoms. The lowest BCUT2D eigenvalue weighted by Crippen LogP contribution is -2.51. The van der Waals surface area contributed by atoms with Gasteiger partial charge in [0.05, 0.1) is 18.3 Å². The lowest BCUT2D eigenvalue weighted by atomic mass is 10.1. The Hall–Kier alpha value is -2.74. The molecule has 1 fully saturated rings. The van der Waals surface area contributed by atoms with E-state index in [1.807, 2.05) is 37.3 Å². The molecule has 0 aromatic carbocycles. The number of rotatable bonds is 5. The zero-order valence-corrected chi connectivity index (χ0v) is 14.5. The monoisotopic (exact) mass is 343 g/mol. The van der Waals surface area contributed by atoms with Crippen molar-refractivity contribution in [3.05, 3.63) is 47.3 Å². The maximum atomic E-state index is 5.36. The third-order valence-electron chi connectivity index (χ3n) is 4.53. The summed E-state index contributed by atoms with van der Waals surface area (Å²) in [5.41, 5.74) is 6.82. The van der Waals surface area contributed by atoms with Gasteiger partial charge in [0.2, 0.25) is 0 Å². The van der Waals surface area contributed by atoms with Gasteiger partial charge in [0.25, 0.3) is 0 Å². The first kappa shape index (κ1) is 15.8. The highest BCUT2D eigenvalue weighted by atomic mass is 16.5. The predicted octanol–water partition coefficient (Wildman–Crippen LogP) is 1.95. The molecule has 4 heterocycles.